The van der Waals surface area contributed by atoms with Gasteiger partial charge < -0.3 is 5.32 Å². The standard InChI is InChI=1S/C19H23N5OS/c1-5-14-8-7-9-15(6-2)17(14)21-16(25)11-26-19-22-18-20-12(3)10-13(4)24(18)23-19/h7-10H,5-6,11H2,1-4H3,(H,21,25). The lowest BCUT2D eigenvalue weighted by molar-refractivity contribution is -0.113. The van der Waals surface area contributed by atoms with Gasteiger partial charge >= 0.3 is 0 Å². The van der Waals surface area contributed by atoms with Crippen molar-refractivity contribution in [1.29, 1.82) is 0 Å². The van der Waals surface area contributed by atoms with Crippen molar-refractivity contribution in [3.8, 4) is 0 Å². The summed E-state index contributed by atoms with van der Waals surface area (Å²) in [6.45, 7) is 8.08. The lowest BCUT2D eigenvalue weighted by Gasteiger charge is -2.14. The van der Waals surface area contributed by atoms with Gasteiger partial charge in [0.15, 0.2) is 0 Å². The van der Waals surface area contributed by atoms with Crippen molar-refractivity contribution in [2.24, 2.45) is 0 Å². The van der Waals surface area contributed by atoms with Crippen LogP contribution >= 0.6 is 11.8 Å². The molecule has 0 atom stereocenters. The first-order valence-corrected chi connectivity index (χ1v) is 9.74. The number of nitrogens with zero attached hydrogens (tertiary/aromatic N) is 4. The quantitative estimate of drug-likeness (QED) is 0.672. The van der Waals surface area contributed by atoms with Crippen LogP contribution in [0.5, 0.6) is 0 Å². The van der Waals surface area contributed by atoms with E-state index in [1.165, 1.54) is 11.8 Å². The number of hydrogen-bond donors (Lipinski definition) is 1. The maximum Gasteiger partial charge on any atom is 0.253 e. The van der Waals surface area contributed by atoms with Gasteiger partial charge in [0.2, 0.25) is 11.1 Å². The summed E-state index contributed by atoms with van der Waals surface area (Å²) in [5.74, 6) is 0.774. The number of hydrogen-bond acceptors (Lipinski definition) is 5. The molecule has 1 amide bonds. The molecule has 3 rings (SSSR count). The molecule has 2 heterocycles. The number of anilines is 1. The summed E-state index contributed by atoms with van der Waals surface area (Å²) in [6, 6.07) is 8.11. The highest BCUT2D eigenvalue weighted by Gasteiger charge is 2.13. The molecule has 0 fully saturated rings. The number of rotatable bonds is 6. The van der Waals surface area contributed by atoms with Crippen molar-refractivity contribution in [1.82, 2.24) is 19.6 Å². The van der Waals surface area contributed by atoms with E-state index in [0.29, 0.717) is 10.9 Å². The third kappa shape index (κ3) is 3.88. The smallest absolute Gasteiger partial charge is 0.253 e. The summed E-state index contributed by atoms with van der Waals surface area (Å²) in [5, 5.41) is 8.05. The van der Waals surface area contributed by atoms with Crippen molar-refractivity contribution in [2.45, 2.75) is 45.7 Å². The van der Waals surface area contributed by atoms with Crippen molar-refractivity contribution < 1.29 is 4.79 Å². The molecule has 6 nitrogen and oxygen atoms in total. The minimum Gasteiger partial charge on any atom is -0.325 e. The van der Waals surface area contributed by atoms with Crippen LogP contribution in [0, 0.1) is 13.8 Å². The summed E-state index contributed by atoms with van der Waals surface area (Å²) in [5.41, 5.74) is 5.13. The predicted molar refractivity (Wildman–Crippen MR) is 105 cm³/mol. The second-order valence-electron chi connectivity index (χ2n) is 6.14. The molecule has 0 aliphatic heterocycles. The molecule has 0 aliphatic rings. The summed E-state index contributed by atoms with van der Waals surface area (Å²) >= 11 is 1.32. The maximum absolute atomic E-state index is 12.4. The molecule has 0 saturated carbocycles. The molecule has 1 N–H and O–H groups in total. The van der Waals surface area contributed by atoms with Gasteiger partial charge in [0.25, 0.3) is 5.78 Å². The number of thioether (sulfide) groups is 1. The molecule has 3 aromatic rings. The number of benzene rings is 1. The average molecular weight is 369 g/mol. The summed E-state index contributed by atoms with van der Waals surface area (Å²) in [4.78, 5) is 21.2. The molecule has 0 spiro atoms. The van der Waals surface area contributed by atoms with E-state index in [4.69, 9.17) is 0 Å². The van der Waals surface area contributed by atoms with Crippen LogP contribution < -0.4 is 5.32 Å². The number of fused-ring (bicyclic) bond motifs is 1. The Morgan fingerprint density at radius 1 is 1.15 bits per heavy atom. The van der Waals surface area contributed by atoms with E-state index in [1.807, 2.05) is 26.0 Å². The number of aryl methyl sites for hydroxylation is 4. The van der Waals surface area contributed by atoms with Gasteiger partial charge in [0, 0.05) is 17.1 Å². The van der Waals surface area contributed by atoms with Crippen LogP contribution in [-0.4, -0.2) is 31.2 Å². The minimum absolute atomic E-state index is 0.0506. The molecular formula is C19H23N5OS. The monoisotopic (exact) mass is 369 g/mol. The Kier molecular flexibility index (Phi) is 5.56. The molecule has 136 valence electrons. The molecular weight excluding hydrogens is 346 g/mol. The Morgan fingerprint density at radius 2 is 1.85 bits per heavy atom. The SMILES string of the molecule is CCc1cccc(CC)c1NC(=O)CSc1nc2nc(C)cc(C)n2n1. The number of carbonyl (C=O) groups excluding carboxylic acids is 1. The van der Waals surface area contributed by atoms with Gasteiger partial charge in [-0.25, -0.2) is 9.50 Å². The van der Waals surface area contributed by atoms with Crippen LogP contribution in [0.25, 0.3) is 5.78 Å². The van der Waals surface area contributed by atoms with Crippen molar-refractivity contribution in [3.05, 3.63) is 46.8 Å². The molecule has 2 aromatic heterocycles. The summed E-state index contributed by atoms with van der Waals surface area (Å²) in [6.07, 6.45) is 1.77. The van der Waals surface area contributed by atoms with E-state index < -0.39 is 0 Å². The van der Waals surface area contributed by atoms with Gasteiger partial charge in [-0.2, -0.15) is 4.98 Å². The molecule has 1 aromatic carbocycles. The lowest BCUT2D eigenvalue weighted by Crippen LogP contribution is -2.16. The Hall–Kier alpha value is -2.41. The molecule has 0 unspecified atom stereocenters. The van der Waals surface area contributed by atoms with E-state index in [-0.39, 0.29) is 11.7 Å². The maximum atomic E-state index is 12.4. The molecule has 26 heavy (non-hydrogen) atoms. The Bertz CT molecular complexity index is 928. The third-order valence-electron chi connectivity index (χ3n) is 4.19. The molecule has 7 heteroatoms. The zero-order valence-electron chi connectivity index (χ0n) is 15.5. The first-order valence-electron chi connectivity index (χ1n) is 8.76. The number of amides is 1. The van der Waals surface area contributed by atoms with E-state index in [1.54, 1.807) is 4.52 Å². The Balaban J connectivity index is 1.71. The van der Waals surface area contributed by atoms with Gasteiger partial charge in [0.05, 0.1) is 5.75 Å². The highest BCUT2D eigenvalue weighted by molar-refractivity contribution is 7.99. The predicted octanol–water partition coefficient (Wildman–Crippen LogP) is 3.60. The van der Waals surface area contributed by atoms with Crippen LogP contribution in [0.3, 0.4) is 0 Å². The van der Waals surface area contributed by atoms with Crippen LogP contribution in [-0.2, 0) is 17.6 Å². The summed E-state index contributed by atoms with van der Waals surface area (Å²) < 4.78 is 1.70. The van der Waals surface area contributed by atoms with Crippen LogP contribution in [0.2, 0.25) is 0 Å². The van der Waals surface area contributed by atoms with E-state index >= 15 is 0 Å². The second kappa shape index (κ2) is 7.86. The molecule has 0 saturated heterocycles. The number of para-hydroxylation sites is 1. The first kappa shape index (κ1) is 18.4. The third-order valence-corrected chi connectivity index (χ3v) is 5.03. The Labute approximate surface area is 157 Å². The highest BCUT2D eigenvalue weighted by Crippen LogP contribution is 2.23. The lowest BCUT2D eigenvalue weighted by atomic mass is 10.0. The topological polar surface area (TPSA) is 72.2 Å². The normalized spacial score (nSPS) is 11.1. The zero-order valence-corrected chi connectivity index (χ0v) is 16.4. The second-order valence-corrected chi connectivity index (χ2v) is 7.08. The zero-order chi connectivity index (χ0) is 18.7. The van der Waals surface area contributed by atoms with Crippen LogP contribution in [0.4, 0.5) is 5.69 Å². The van der Waals surface area contributed by atoms with Crippen molar-refractivity contribution >= 4 is 29.1 Å². The minimum atomic E-state index is -0.0506. The van der Waals surface area contributed by atoms with Crippen LogP contribution in [0.15, 0.2) is 29.4 Å². The number of nitrogens with one attached hydrogen (secondary N) is 1. The highest BCUT2D eigenvalue weighted by atomic mass is 32.2. The largest absolute Gasteiger partial charge is 0.325 e. The first-order chi connectivity index (χ1) is 12.5. The average Bonchev–Trinajstić information content (AvgIpc) is 3.03. The van der Waals surface area contributed by atoms with Gasteiger partial charge in [-0.15, -0.1) is 5.10 Å². The van der Waals surface area contributed by atoms with Gasteiger partial charge in [-0.1, -0.05) is 43.8 Å². The fourth-order valence-corrected chi connectivity index (χ4v) is 3.54. The van der Waals surface area contributed by atoms with Crippen LogP contribution in [0.1, 0.15) is 36.4 Å². The van der Waals surface area contributed by atoms with Gasteiger partial charge in [0.1, 0.15) is 0 Å². The molecule has 0 aliphatic carbocycles. The van der Waals surface area contributed by atoms with Gasteiger partial charge in [-0.3, -0.25) is 4.79 Å². The van der Waals surface area contributed by atoms with Crippen molar-refractivity contribution in [2.75, 3.05) is 11.1 Å². The molecule has 0 radical (unpaired) electrons. The summed E-state index contributed by atoms with van der Waals surface area (Å²) in [7, 11) is 0. The fraction of sp³-hybridized carbons (Fsp3) is 0.368. The number of carbonyl (C=O) groups is 1. The number of aromatic nitrogens is 4. The van der Waals surface area contributed by atoms with E-state index in [0.717, 1.165) is 41.0 Å². The molecule has 0 bridgehead atoms. The Morgan fingerprint density at radius 3 is 2.50 bits per heavy atom. The van der Waals surface area contributed by atoms with Gasteiger partial charge in [-0.05, 0) is 43.9 Å². The van der Waals surface area contributed by atoms with Crippen molar-refractivity contribution in [3.63, 3.8) is 0 Å². The van der Waals surface area contributed by atoms with E-state index in [9.17, 15) is 4.79 Å². The fourth-order valence-electron chi connectivity index (χ4n) is 2.92. The van der Waals surface area contributed by atoms with E-state index in [2.05, 4.69) is 46.4 Å².